The minimum absolute atomic E-state index is 0.0827. The summed E-state index contributed by atoms with van der Waals surface area (Å²) in [5, 5.41) is 8.69. The van der Waals surface area contributed by atoms with Crippen molar-refractivity contribution in [3.05, 3.63) is 48.3 Å². The fourth-order valence-electron chi connectivity index (χ4n) is 1.60. The van der Waals surface area contributed by atoms with Crippen LogP contribution >= 0.6 is 0 Å². The van der Waals surface area contributed by atoms with Crippen LogP contribution in [0.2, 0.25) is 0 Å². The van der Waals surface area contributed by atoms with Crippen LogP contribution in [0, 0.1) is 0 Å². The summed E-state index contributed by atoms with van der Waals surface area (Å²) in [5.41, 5.74) is 0.991. The quantitative estimate of drug-likeness (QED) is 0.807. The van der Waals surface area contributed by atoms with E-state index in [1.54, 1.807) is 30.3 Å². The standard InChI is InChI=1S/C12H11N3O4S/c16-11(17)8-9-2-4-10(5-3-9)15(20(18)19)12-13-6-1-7-14-12/h1-7H,8H2,(H,16,17)(H,18,19). The molecular weight excluding hydrogens is 282 g/mol. The van der Waals surface area contributed by atoms with Gasteiger partial charge in [0.25, 0.3) is 11.3 Å². The number of hydrogen-bond donors (Lipinski definition) is 2. The van der Waals surface area contributed by atoms with E-state index in [9.17, 15) is 13.6 Å². The average molecular weight is 293 g/mol. The van der Waals surface area contributed by atoms with Gasteiger partial charge >= 0.3 is 5.97 Å². The molecule has 0 spiro atoms. The van der Waals surface area contributed by atoms with E-state index in [-0.39, 0.29) is 12.4 Å². The molecule has 0 aliphatic carbocycles. The Morgan fingerprint density at radius 1 is 1.20 bits per heavy atom. The first-order valence-corrected chi connectivity index (χ1v) is 6.63. The third kappa shape index (κ3) is 3.37. The molecule has 0 bridgehead atoms. The number of nitrogens with zero attached hydrogens (tertiary/aromatic N) is 3. The van der Waals surface area contributed by atoms with Gasteiger partial charge < -0.3 is 5.11 Å². The van der Waals surface area contributed by atoms with Crippen molar-refractivity contribution in [3.8, 4) is 0 Å². The van der Waals surface area contributed by atoms with Crippen molar-refractivity contribution >= 4 is 28.9 Å². The van der Waals surface area contributed by atoms with Crippen molar-refractivity contribution in [1.29, 1.82) is 0 Å². The van der Waals surface area contributed by atoms with Gasteiger partial charge in [-0.15, -0.1) is 0 Å². The normalized spacial score (nSPS) is 11.8. The highest BCUT2D eigenvalue weighted by molar-refractivity contribution is 7.81. The average Bonchev–Trinajstić information content (AvgIpc) is 2.41. The number of hydrogen-bond acceptors (Lipinski definition) is 4. The predicted octanol–water partition coefficient (Wildman–Crippen LogP) is 1.38. The summed E-state index contributed by atoms with van der Waals surface area (Å²) in [4.78, 5) is 18.4. The van der Waals surface area contributed by atoms with Crippen LogP contribution in [-0.4, -0.2) is 29.8 Å². The van der Waals surface area contributed by atoms with Gasteiger partial charge in [0, 0.05) is 12.4 Å². The van der Waals surface area contributed by atoms with Crippen molar-refractivity contribution in [3.63, 3.8) is 0 Å². The Morgan fingerprint density at radius 3 is 2.30 bits per heavy atom. The van der Waals surface area contributed by atoms with Gasteiger partial charge in [0.2, 0.25) is 5.95 Å². The number of anilines is 2. The highest BCUT2D eigenvalue weighted by Gasteiger charge is 2.17. The van der Waals surface area contributed by atoms with Crippen LogP contribution in [0.5, 0.6) is 0 Å². The third-order valence-electron chi connectivity index (χ3n) is 2.42. The second-order valence-electron chi connectivity index (χ2n) is 3.81. The van der Waals surface area contributed by atoms with Crippen LogP contribution in [-0.2, 0) is 22.5 Å². The maximum atomic E-state index is 11.4. The molecule has 0 amide bonds. The van der Waals surface area contributed by atoms with Gasteiger partial charge in [-0.1, -0.05) is 12.1 Å². The topological polar surface area (TPSA) is 104 Å². The van der Waals surface area contributed by atoms with E-state index in [1.807, 2.05) is 0 Å². The van der Waals surface area contributed by atoms with Gasteiger partial charge in [0.05, 0.1) is 12.1 Å². The van der Waals surface area contributed by atoms with E-state index < -0.39 is 17.2 Å². The minimum atomic E-state index is -2.33. The zero-order valence-corrected chi connectivity index (χ0v) is 11.0. The summed E-state index contributed by atoms with van der Waals surface area (Å²) in [6, 6.07) is 7.84. The molecule has 0 saturated heterocycles. The summed E-state index contributed by atoms with van der Waals surface area (Å²) in [7, 11) is 0. The lowest BCUT2D eigenvalue weighted by molar-refractivity contribution is -0.136. The fraction of sp³-hybridized carbons (Fsp3) is 0.0833. The van der Waals surface area contributed by atoms with Crippen LogP contribution in [0.4, 0.5) is 11.6 Å². The second kappa shape index (κ2) is 6.22. The molecule has 1 atom stereocenters. The van der Waals surface area contributed by atoms with E-state index in [4.69, 9.17) is 5.11 Å². The fourth-order valence-corrected chi connectivity index (χ4v) is 2.13. The van der Waals surface area contributed by atoms with Crippen LogP contribution in [0.15, 0.2) is 42.7 Å². The van der Waals surface area contributed by atoms with Crippen LogP contribution in [0.25, 0.3) is 0 Å². The smallest absolute Gasteiger partial charge is 0.307 e. The highest BCUT2D eigenvalue weighted by Crippen LogP contribution is 2.23. The van der Waals surface area contributed by atoms with E-state index in [0.29, 0.717) is 11.3 Å². The number of carbonyl (C=O) groups is 1. The first-order valence-electron chi connectivity index (χ1n) is 5.57. The SMILES string of the molecule is O=C(O)Cc1ccc(N(c2ncccn2)S(=O)O)cc1. The molecule has 0 fully saturated rings. The number of carboxylic acids is 1. The Hall–Kier alpha value is -2.32. The first kappa shape index (κ1) is 14.1. The Morgan fingerprint density at radius 2 is 1.80 bits per heavy atom. The number of benzene rings is 1. The second-order valence-corrected chi connectivity index (χ2v) is 4.64. The van der Waals surface area contributed by atoms with Gasteiger partial charge in [0.15, 0.2) is 0 Å². The molecule has 0 aliphatic rings. The Balaban J connectivity index is 2.31. The van der Waals surface area contributed by atoms with Crippen molar-refractivity contribution < 1.29 is 18.7 Å². The van der Waals surface area contributed by atoms with Crippen molar-refractivity contribution in [2.24, 2.45) is 0 Å². The molecule has 0 aliphatic heterocycles. The van der Waals surface area contributed by atoms with E-state index in [1.165, 1.54) is 12.4 Å². The third-order valence-corrected chi connectivity index (χ3v) is 3.10. The lowest BCUT2D eigenvalue weighted by Gasteiger charge is -2.17. The molecule has 104 valence electrons. The molecule has 8 heteroatoms. The molecule has 2 aromatic rings. The van der Waals surface area contributed by atoms with Gasteiger partial charge in [-0.05, 0) is 23.8 Å². The van der Waals surface area contributed by atoms with E-state index in [2.05, 4.69) is 9.97 Å². The van der Waals surface area contributed by atoms with E-state index >= 15 is 0 Å². The molecule has 1 unspecified atom stereocenters. The predicted molar refractivity (Wildman–Crippen MR) is 72.7 cm³/mol. The monoisotopic (exact) mass is 293 g/mol. The lowest BCUT2D eigenvalue weighted by Crippen LogP contribution is -2.21. The van der Waals surface area contributed by atoms with Gasteiger partial charge in [-0.3, -0.25) is 9.35 Å². The molecule has 1 heterocycles. The molecule has 1 aromatic carbocycles. The highest BCUT2D eigenvalue weighted by atomic mass is 32.2. The maximum Gasteiger partial charge on any atom is 0.307 e. The summed E-state index contributed by atoms with van der Waals surface area (Å²) < 4.78 is 21.8. The van der Waals surface area contributed by atoms with E-state index in [0.717, 1.165) is 4.31 Å². The Labute approximate surface area is 117 Å². The Kier molecular flexibility index (Phi) is 4.38. The first-order chi connectivity index (χ1) is 9.58. The number of aromatic nitrogens is 2. The molecule has 1 aromatic heterocycles. The molecule has 7 nitrogen and oxygen atoms in total. The van der Waals surface area contributed by atoms with Gasteiger partial charge in [0.1, 0.15) is 0 Å². The summed E-state index contributed by atoms with van der Waals surface area (Å²) >= 11 is -2.33. The van der Waals surface area contributed by atoms with Crippen molar-refractivity contribution in [1.82, 2.24) is 9.97 Å². The largest absolute Gasteiger partial charge is 0.481 e. The van der Waals surface area contributed by atoms with Crippen molar-refractivity contribution in [2.75, 3.05) is 4.31 Å². The van der Waals surface area contributed by atoms with Gasteiger partial charge in [-0.25, -0.2) is 18.5 Å². The Bertz CT molecular complexity index is 618. The molecule has 0 radical (unpaired) electrons. The molecule has 20 heavy (non-hydrogen) atoms. The summed E-state index contributed by atoms with van der Waals surface area (Å²) in [6.45, 7) is 0. The zero-order valence-electron chi connectivity index (χ0n) is 10.2. The van der Waals surface area contributed by atoms with Crippen LogP contribution in [0.1, 0.15) is 5.56 Å². The molecule has 2 N–H and O–H groups in total. The lowest BCUT2D eigenvalue weighted by atomic mass is 10.1. The van der Waals surface area contributed by atoms with Crippen molar-refractivity contribution in [2.45, 2.75) is 6.42 Å². The molecule has 2 rings (SSSR count). The number of aliphatic carboxylic acids is 1. The minimum Gasteiger partial charge on any atom is -0.481 e. The number of carboxylic acid groups (broad SMARTS) is 1. The zero-order chi connectivity index (χ0) is 14.5. The summed E-state index contributed by atoms with van der Waals surface area (Å²) in [6.07, 6.45) is 2.81. The number of rotatable bonds is 5. The van der Waals surface area contributed by atoms with Crippen LogP contribution in [0.3, 0.4) is 0 Å². The molecule has 0 saturated carbocycles. The van der Waals surface area contributed by atoms with Crippen LogP contribution < -0.4 is 4.31 Å². The molecular formula is C12H11N3O4S. The maximum absolute atomic E-state index is 11.4. The summed E-state index contributed by atoms with van der Waals surface area (Å²) in [5.74, 6) is -0.856. The van der Waals surface area contributed by atoms with Gasteiger partial charge in [-0.2, -0.15) is 0 Å².